The molecule has 1 unspecified atom stereocenters. The highest BCUT2D eigenvalue weighted by atomic mass is 32.2. The quantitative estimate of drug-likeness (QED) is 0.598. The maximum absolute atomic E-state index is 10.7. The van der Waals surface area contributed by atoms with Crippen LogP contribution in [0, 0.1) is 0 Å². The van der Waals surface area contributed by atoms with Gasteiger partial charge in [0.1, 0.15) is 0 Å². The van der Waals surface area contributed by atoms with E-state index < -0.39 is 10.8 Å². The summed E-state index contributed by atoms with van der Waals surface area (Å²) in [4.78, 5) is 0. The predicted molar refractivity (Wildman–Crippen MR) is 41.7 cm³/mol. The van der Waals surface area contributed by atoms with Crippen molar-refractivity contribution in [2.45, 2.75) is 10.3 Å². The summed E-state index contributed by atoms with van der Waals surface area (Å²) >= 11 is 1.34. The fraction of sp³-hybridized carbons (Fsp3) is 0.500. The number of thioether (sulfide) groups is 1. The molecule has 1 rings (SSSR count). The van der Waals surface area contributed by atoms with Crippen LogP contribution in [0.25, 0.3) is 0 Å². The molecule has 0 amide bonds. The van der Waals surface area contributed by atoms with Crippen LogP contribution in [0.2, 0.25) is 0 Å². The van der Waals surface area contributed by atoms with Crippen LogP contribution in [-0.2, 0) is 10.8 Å². The molecule has 1 aromatic rings. The van der Waals surface area contributed by atoms with Crippen LogP contribution in [0.1, 0.15) is 0 Å². The lowest BCUT2D eigenvalue weighted by molar-refractivity contribution is 0.635. The fourth-order valence-electron chi connectivity index (χ4n) is 0.408. The number of rotatable bonds is 2. The highest BCUT2D eigenvalue weighted by Gasteiger charge is 2.02. The molecule has 0 fully saturated rings. The normalized spacial score (nSPS) is 12.9. The molecule has 0 bridgehead atoms. The zero-order chi connectivity index (χ0) is 8.27. The first kappa shape index (κ1) is 8.54. The van der Waals surface area contributed by atoms with Gasteiger partial charge in [0.2, 0.25) is 5.16 Å². The Morgan fingerprint density at radius 3 is 2.18 bits per heavy atom. The monoisotopic (exact) mass is 190 g/mol. The minimum atomic E-state index is -1.20. The van der Waals surface area contributed by atoms with Gasteiger partial charge in [-0.15, -0.1) is 20.4 Å². The van der Waals surface area contributed by atoms with E-state index in [0.717, 1.165) is 0 Å². The van der Waals surface area contributed by atoms with Crippen molar-refractivity contribution < 1.29 is 4.21 Å². The maximum atomic E-state index is 10.7. The van der Waals surface area contributed by atoms with Crippen LogP contribution < -0.4 is 0 Å². The van der Waals surface area contributed by atoms with Crippen molar-refractivity contribution >= 4 is 22.6 Å². The van der Waals surface area contributed by atoms with Crippen LogP contribution in [0.3, 0.4) is 0 Å². The molecule has 0 spiro atoms. The van der Waals surface area contributed by atoms with Gasteiger partial charge in [0.25, 0.3) is 5.16 Å². The van der Waals surface area contributed by atoms with Gasteiger partial charge >= 0.3 is 0 Å². The van der Waals surface area contributed by atoms with Crippen molar-refractivity contribution in [3.8, 4) is 0 Å². The van der Waals surface area contributed by atoms with Crippen molar-refractivity contribution in [2.75, 3.05) is 12.5 Å². The summed E-state index contributed by atoms with van der Waals surface area (Å²) in [6.07, 6.45) is 3.30. The van der Waals surface area contributed by atoms with Crippen molar-refractivity contribution in [3.05, 3.63) is 0 Å². The number of aromatic nitrogens is 4. The number of nitrogens with zero attached hydrogens (tertiary/aromatic N) is 4. The van der Waals surface area contributed by atoms with Gasteiger partial charge < -0.3 is 0 Å². The van der Waals surface area contributed by atoms with Crippen LogP contribution in [-0.4, -0.2) is 37.1 Å². The minimum absolute atomic E-state index is 0.169. The van der Waals surface area contributed by atoms with Gasteiger partial charge in [0, 0.05) is 6.26 Å². The fourth-order valence-corrected chi connectivity index (χ4v) is 0.964. The average molecular weight is 190 g/mol. The summed E-state index contributed by atoms with van der Waals surface area (Å²) in [6.45, 7) is 0. The van der Waals surface area contributed by atoms with Crippen molar-refractivity contribution in [1.82, 2.24) is 20.4 Å². The topological polar surface area (TPSA) is 68.6 Å². The molecular formula is C4H6N4OS2. The molecule has 5 nitrogen and oxygen atoms in total. The molecule has 1 heterocycles. The van der Waals surface area contributed by atoms with E-state index >= 15 is 0 Å². The van der Waals surface area contributed by atoms with Gasteiger partial charge in [-0.1, -0.05) is 11.8 Å². The number of hydrogen-bond donors (Lipinski definition) is 0. The zero-order valence-electron chi connectivity index (χ0n) is 6.01. The molecule has 0 aliphatic rings. The van der Waals surface area contributed by atoms with Crippen LogP contribution in [0.4, 0.5) is 0 Å². The maximum Gasteiger partial charge on any atom is 0.259 e. The Hall–Kier alpha value is -0.560. The van der Waals surface area contributed by atoms with E-state index in [0.29, 0.717) is 5.16 Å². The molecule has 1 aromatic heterocycles. The van der Waals surface area contributed by atoms with E-state index in [-0.39, 0.29) is 5.16 Å². The first-order valence-corrected chi connectivity index (χ1v) is 5.47. The second-order valence-corrected chi connectivity index (χ2v) is 3.67. The molecule has 0 aromatic carbocycles. The third kappa shape index (κ3) is 2.19. The van der Waals surface area contributed by atoms with E-state index in [1.54, 1.807) is 0 Å². The summed E-state index contributed by atoms with van der Waals surface area (Å²) in [5.74, 6) is 0. The molecule has 60 valence electrons. The molecule has 7 heteroatoms. The van der Waals surface area contributed by atoms with E-state index in [9.17, 15) is 4.21 Å². The molecular weight excluding hydrogens is 184 g/mol. The third-order valence-corrected chi connectivity index (χ3v) is 2.09. The lowest BCUT2D eigenvalue weighted by Gasteiger charge is -1.92. The van der Waals surface area contributed by atoms with Crippen molar-refractivity contribution in [2.24, 2.45) is 0 Å². The Bertz CT molecular complexity index is 261. The lowest BCUT2D eigenvalue weighted by Crippen LogP contribution is -2.02. The van der Waals surface area contributed by atoms with E-state index in [1.165, 1.54) is 18.0 Å². The molecule has 1 atom stereocenters. The van der Waals surface area contributed by atoms with E-state index in [1.807, 2.05) is 6.26 Å². The largest absolute Gasteiger partial charge is 0.259 e. The lowest BCUT2D eigenvalue weighted by atomic mass is 11.3. The summed E-state index contributed by atoms with van der Waals surface area (Å²) in [6, 6.07) is 0. The molecule has 0 aliphatic heterocycles. The standard InChI is InChI=1S/C4H6N4OS2/c1-10-3-5-7-4(8-6-3)11(2)9/h1-2H3. The minimum Gasteiger partial charge on any atom is -0.251 e. The Morgan fingerprint density at radius 2 is 1.82 bits per heavy atom. The average Bonchev–Trinajstić information content (AvgIpc) is 2.05. The number of hydrogen-bond acceptors (Lipinski definition) is 6. The Kier molecular flexibility index (Phi) is 2.89. The van der Waals surface area contributed by atoms with E-state index in [2.05, 4.69) is 20.4 Å². The van der Waals surface area contributed by atoms with Crippen LogP contribution in [0.5, 0.6) is 0 Å². The van der Waals surface area contributed by atoms with Crippen LogP contribution >= 0.6 is 11.8 Å². The highest BCUT2D eigenvalue weighted by Crippen LogP contribution is 2.03. The first-order chi connectivity index (χ1) is 5.24. The SMILES string of the molecule is CSc1nnc(S(C)=O)nn1. The van der Waals surface area contributed by atoms with Gasteiger partial charge in [-0.25, -0.2) is 0 Å². The van der Waals surface area contributed by atoms with Crippen LogP contribution in [0.15, 0.2) is 10.3 Å². The van der Waals surface area contributed by atoms with Crippen molar-refractivity contribution in [3.63, 3.8) is 0 Å². The zero-order valence-corrected chi connectivity index (χ0v) is 7.65. The van der Waals surface area contributed by atoms with Gasteiger partial charge in [0.05, 0.1) is 10.8 Å². The highest BCUT2D eigenvalue weighted by molar-refractivity contribution is 7.98. The summed E-state index contributed by atoms with van der Waals surface area (Å²) in [5.41, 5.74) is 0. The summed E-state index contributed by atoms with van der Waals surface area (Å²) < 4.78 is 10.7. The summed E-state index contributed by atoms with van der Waals surface area (Å²) in [7, 11) is -1.20. The summed E-state index contributed by atoms with van der Waals surface area (Å²) in [5, 5.41) is 15.2. The van der Waals surface area contributed by atoms with E-state index in [4.69, 9.17) is 0 Å². The predicted octanol–water partition coefficient (Wildman–Crippen LogP) is -0.274. The van der Waals surface area contributed by atoms with Gasteiger partial charge in [0.15, 0.2) is 0 Å². The van der Waals surface area contributed by atoms with Gasteiger partial charge in [-0.3, -0.25) is 4.21 Å². The second kappa shape index (κ2) is 3.72. The molecule has 0 radical (unpaired) electrons. The Labute approximate surface area is 70.5 Å². The molecule has 11 heavy (non-hydrogen) atoms. The van der Waals surface area contributed by atoms with Gasteiger partial charge in [-0.05, 0) is 6.26 Å². The smallest absolute Gasteiger partial charge is 0.251 e. The van der Waals surface area contributed by atoms with Crippen molar-refractivity contribution in [1.29, 1.82) is 0 Å². The Morgan fingerprint density at radius 1 is 1.27 bits per heavy atom. The molecule has 0 saturated heterocycles. The second-order valence-electron chi connectivity index (χ2n) is 1.62. The van der Waals surface area contributed by atoms with Gasteiger partial charge in [-0.2, -0.15) is 0 Å². The molecule has 0 N–H and O–H groups in total. The molecule has 0 aliphatic carbocycles. The Balaban J connectivity index is 2.91. The first-order valence-electron chi connectivity index (χ1n) is 2.69. The third-order valence-electron chi connectivity index (χ3n) is 0.882. The molecule has 0 saturated carbocycles.